The fourth-order valence-corrected chi connectivity index (χ4v) is 4.96. The maximum atomic E-state index is 13.2. The van der Waals surface area contributed by atoms with Gasteiger partial charge in [0.05, 0.1) is 0 Å². The van der Waals surface area contributed by atoms with Crippen LogP contribution in [0.1, 0.15) is 39.2 Å². The van der Waals surface area contributed by atoms with E-state index in [1.807, 2.05) is 24.3 Å². The Labute approximate surface area is 168 Å². The molecule has 2 heterocycles. The first-order chi connectivity index (χ1) is 12.5. The molecule has 0 aliphatic carbocycles. The van der Waals surface area contributed by atoms with Crippen molar-refractivity contribution in [1.82, 2.24) is 5.32 Å². The zero-order valence-corrected chi connectivity index (χ0v) is 18.9. The Morgan fingerprint density at radius 2 is 2.00 bits per heavy atom. The molecule has 5 nitrogen and oxygen atoms in total. The highest BCUT2D eigenvalue weighted by Crippen LogP contribution is 2.46. The molecule has 1 fully saturated rings. The number of hydrogen-bond acceptors (Lipinski definition) is 4. The molecule has 0 saturated carbocycles. The number of likely N-dealkylation sites (N-methyl/N-ethyl adjacent to an activating group) is 1. The zero-order valence-electron chi connectivity index (χ0n) is 17.1. The average molecular weight is 407 g/mol. The Kier molecular flexibility index (Phi) is 5.16. The van der Waals surface area contributed by atoms with Gasteiger partial charge in [0, 0.05) is 24.9 Å². The molecule has 0 radical (unpaired) electrons. The third-order valence-corrected chi connectivity index (χ3v) is 11.0. The normalized spacial score (nSPS) is 25.0. The number of anilines is 1. The summed E-state index contributed by atoms with van der Waals surface area (Å²) in [4.78, 5) is 14.9. The van der Waals surface area contributed by atoms with Gasteiger partial charge in [-0.3, -0.25) is 4.79 Å². The highest BCUT2D eigenvalue weighted by atomic mass is 32.1. The van der Waals surface area contributed by atoms with E-state index >= 15 is 0 Å². The number of ether oxygens (including phenoxy) is 1. The molecule has 148 valence electrons. The van der Waals surface area contributed by atoms with Crippen LogP contribution in [0.15, 0.2) is 24.3 Å². The minimum absolute atomic E-state index is 0.0149. The molecule has 0 aromatic heterocycles. The molecule has 1 amide bonds. The maximum absolute atomic E-state index is 13.2. The van der Waals surface area contributed by atoms with Gasteiger partial charge in [-0.15, -0.1) is 0 Å². The highest BCUT2D eigenvalue weighted by Gasteiger charge is 2.60. The van der Waals surface area contributed by atoms with Crippen molar-refractivity contribution in [3.8, 4) is 0 Å². The molecule has 1 aromatic carbocycles. The third kappa shape index (κ3) is 3.30. The molecule has 2 aliphatic heterocycles. The minimum Gasteiger partial charge on any atom is -0.464 e. The van der Waals surface area contributed by atoms with Crippen molar-refractivity contribution >= 4 is 37.3 Å². The molecule has 2 atom stereocenters. The van der Waals surface area contributed by atoms with Gasteiger partial charge in [0.25, 0.3) is 11.1 Å². The number of carbonyl (C=O) groups is 1. The minimum atomic E-state index is -1.77. The van der Waals surface area contributed by atoms with Gasteiger partial charge in [0.1, 0.15) is 6.10 Å². The number of nitrogens with zero attached hydrogens (tertiary/aromatic N) is 1. The Morgan fingerprint density at radius 1 is 1.33 bits per heavy atom. The number of carbonyl (C=O) groups excluding carboxylic acids is 1. The fraction of sp³-hybridized carbons (Fsp3) is 0.600. The molecule has 0 unspecified atom stereocenters. The number of nitrogens with one attached hydrogen (secondary N) is 1. The van der Waals surface area contributed by atoms with E-state index in [9.17, 15) is 4.79 Å². The van der Waals surface area contributed by atoms with E-state index in [4.69, 9.17) is 21.4 Å². The van der Waals surface area contributed by atoms with Gasteiger partial charge < -0.3 is 19.4 Å². The van der Waals surface area contributed by atoms with Crippen LogP contribution in [0.2, 0.25) is 18.1 Å². The summed E-state index contributed by atoms with van der Waals surface area (Å²) in [6.07, 6.45) is 1.20. The Balaban J connectivity index is 1.75. The quantitative estimate of drug-likeness (QED) is 0.456. The van der Waals surface area contributed by atoms with Crippen molar-refractivity contribution in [3.63, 3.8) is 0 Å². The largest absolute Gasteiger partial charge is 0.464 e. The zero-order chi connectivity index (χ0) is 20.0. The fourth-order valence-electron chi connectivity index (χ4n) is 3.60. The molecule has 3 rings (SSSR count). The number of rotatable bonds is 5. The van der Waals surface area contributed by atoms with E-state index in [1.165, 1.54) is 0 Å². The number of fused-ring (bicyclic) bond motifs is 2. The molecular formula is C20H30N2O3SSi. The van der Waals surface area contributed by atoms with Crippen molar-refractivity contribution in [2.45, 2.75) is 63.4 Å². The Morgan fingerprint density at radius 3 is 2.67 bits per heavy atom. The lowest BCUT2D eigenvalue weighted by Gasteiger charge is -2.36. The Hall–Kier alpha value is -1.44. The molecule has 27 heavy (non-hydrogen) atoms. The average Bonchev–Trinajstić information content (AvgIpc) is 3.02. The summed E-state index contributed by atoms with van der Waals surface area (Å²) in [7, 11) is 0.0274. The van der Waals surface area contributed by atoms with Gasteiger partial charge >= 0.3 is 0 Å². The lowest BCUT2D eigenvalue weighted by atomic mass is 9.84. The van der Waals surface area contributed by atoms with Gasteiger partial charge in [-0.1, -0.05) is 39.0 Å². The molecule has 0 bridgehead atoms. The molecule has 1 N–H and O–H groups in total. The van der Waals surface area contributed by atoms with E-state index in [2.05, 4.69) is 39.2 Å². The van der Waals surface area contributed by atoms with Crippen LogP contribution in [0.5, 0.6) is 0 Å². The second-order valence-electron chi connectivity index (χ2n) is 8.96. The van der Waals surface area contributed by atoms with Crippen LogP contribution in [0, 0.1) is 0 Å². The van der Waals surface area contributed by atoms with E-state index in [1.54, 1.807) is 11.9 Å². The van der Waals surface area contributed by atoms with Gasteiger partial charge in [0.15, 0.2) is 13.9 Å². The Bertz CT molecular complexity index is 762. The van der Waals surface area contributed by atoms with Gasteiger partial charge in [-0.2, -0.15) is 0 Å². The maximum Gasteiger partial charge on any atom is 0.261 e. The third-order valence-electron chi connectivity index (χ3n) is 6.24. The summed E-state index contributed by atoms with van der Waals surface area (Å²) in [5.74, 6) is -0.0149. The molecule has 2 aliphatic rings. The van der Waals surface area contributed by atoms with Crippen molar-refractivity contribution in [3.05, 3.63) is 29.8 Å². The van der Waals surface area contributed by atoms with E-state index < -0.39 is 13.9 Å². The van der Waals surface area contributed by atoms with Gasteiger partial charge in [0.2, 0.25) is 0 Å². The second-order valence-corrected chi connectivity index (χ2v) is 14.1. The number of para-hydroxylation sites is 1. The molecule has 7 heteroatoms. The van der Waals surface area contributed by atoms with Crippen LogP contribution in [0.3, 0.4) is 0 Å². The first-order valence-corrected chi connectivity index (χ1v) is 12.8. The predicted molar refractivity (Wildman–Crippen MR) is 115 cm³/mol. The van der Waals surface area contributed by atoms with Crippen molar-refractivity contribution in [2.24, 2.45) is 0 Å². The molecule has 1 spiro atoms. The molecule has 1 aromatic rings. The predicted octanol–water partition coefficient (Wildman–Crippen LogP) is 3.93. The van der Waals surface area contributed by atoms with E-state index in [0.29, 0.717) is 18.2 Å². The van der Waals surface area contributed by atoms with Gasteiger partial charge in [-0.25, -0.2) is 0 Å². The van der Waals surface area contributed by atoms with Crippen LogP contribution in [0.25, 0.3) is 0 Å². The number of benzene rings is 1. The van der Waals surface area contributed by atoms with Crippen LogP contribution < -0.4 is 10.2 Å². The topological polar surface area (TPSA) is 50.8 Å². The number of thiocarbonyl (C=S) groups is 1. The van der Waals surface area contributed by atoms with Crippen molar-refractivity contribution in [2.75, 3.05) is 18.6 Å². The summed E-state index contributed by atoms with van der Waals surface area (Å²) < 4.78 is 12.2. The SMILES string of the molecule is CN1C(=O)[C@@]2(NC(=S)O[C@H]2CCCO[Si](C)(C)C(C)(C)C)c2ccccc21. The molecular weight excluding hydrogens is 376 g/mol. The van der Waals surface area contributed by atoms with Crippen molar-refractivity contribution < 1.29 is 14.0 Å². The standard InChI is InChI=1S/C20H30N2O3SSi/c1-19(2,3)27(5,6)24-13-9-12-16-20(21-18(26)25-16)14-10-7-8-11-15(14)22(4)17(20)23/h7-8,10-11,16H,9,12-13H2,1-6H3,(H,21,26)/t16-,20+/m0/s1. The van der Waals surface area contributed by atoms with Crippen molar-refractivity contribution in [1.29, 1.82) is 0 Å². The second kappa shape index (κ2) is 6.86. The van der Waals surface area contributed by atoms with Crippen LogP contribution in [-0.4, -0.2) is 39.2 Å². The molecule has 1 saturated heterocycles. The first-order valence-electron chi connectivity index (χ1n) is 9.51. The lowest BCUT2D eigenvalue weighted by Crippen LogP contribution is -2.53. The summed E-state index contributed by atoms with van der Waals surface area (Å²) in [6, 6.07) is 7.84. The van der Waals surface area contributed by atoms with E-state index in [-0.39, 0.29) is 17.0 Å². The highest BCUT2D eigenvalue weighted by molar-refractivity contribution is 7.80. The van der Waals surface area contributed by atoms with Crippen LogP contribution in [-0.2, 0) is 19.5 Å². The van der Waals surface area contributed by atoms with Crippen LogP contribution in [0.4, 0.5) is 5.69 Å². The summed E-state index contributed by atoms with van der Waals surface area (Å²) in [5, 5.41) is 3.66. The first kappa shape index (κ1) is 20.3. The lowest BCUT2D eigenvalue weighted by molar-refractivity contribution is -0.125. The number of amides is 1. The monoisotopic (exact) mass is 406 g/mol. The smallest absolute Gasteiger partial charge is 0.261 e. The summed E-state index contributed by atoms with van der Waals surface area (Å²) in [5.41, 5.74) is 0.929. The summed E-state index contributed by atoms with van der Waals surface area (Å²) >= 11 is 5.28. The summed E-state index contributed by atoms with van der Waals surface area (Å²) in [6.45, 7) is 11.9. The number of hydrogen-bond donors (Lipinski definition) is 1. The van der Waals surface area contributed by atoms with Crippen LogP contribution >= 0.6 is 12.2 Å². The van der Waals surface area contributed by atoms with Gasteiger partial charge in [-0.05, 0) is 49.3 Å². The van der Waals surface area contributed by atoms with E-state index in [0.717, 1.165) is 17.7 Å².